The monoisotopic (exact) mass is 634 g/mol. The maximum Gasteiger partial charge on any atom is 0.161 e. The Labute approximate surface area is 290 Å². The van der Waals surface area contributed by atoms with Gasteiger partial charge in [0.05, 0.1) is 11.4 Å². The molecule has 0 fully saturated rings. The van der Waals surface area contributed by atoms with E-state index in [1.54, 1.807) is 0 Å². The fourth-order valence-electron chi connectivity index (χ4n) is 7.65. The Hall–Kier alpha value is -6.64. The Morgan fingerprint density at radius 2 is 0.820 bits per heavy atom. The van der Waals surface area contributed by atoms with E-state index in [2.05, 4.69) is 182 Å². The SMILES string of the molecule is c1ccc(-c2ccccc2-c2cc(-c3ccc4c(ccc5ccccc54)c3)nc(-c3c4ccccc4cc4c3ccc3ccccc34)n2)cc1. The number of aromatic nitrogens is 2. The molecule has 1 heterocycles. The first kappa shape index (κ1) is 28.4. The zero-order chi connectivity index (χ0) is 33.0. The van der Waals surface area contributed by atoms with Gasteiger partial charge in [-0.3, -0.25) is 0 Å². The number of hydrogen-bond donors (Lipinski definition) is 0. The molecule has 0 spiro atoms. The second-order valence-electron chi connectivity index (χ2n) is 13.0. The van der Waals surface area contributed by atoms with Crippen molar-refractivity contribution in [3.8, 4) is 45.0 Å². The van der Waals surface area contributed by atoms with Crippen LogP contribution < -0.4 is 0 Å². The summed E-state index contributed by atoms with van der Waals surface area (Å²) in [6.45, 7) is 0. The first-order chi connectivity index (χ1) is 24.8. The van der Waals surface area contributed by atoms with Crippen LogP contribution in [0.4, 0.5) is 0 Å². The summed E-state index contributed by atoms with van der Waals surface area (Å²) in [6.07, 6.45) is 0. The van der Waals surface area contributed by atoms with E-state index in [9.17, 15) is 0 Å². The van der Waals surface area contributed by atoms with Crippen molar-refractivity contribution in [1.82, 2.24) is 9.97 Å². The predicted molar refractivity (Wildman–Crippen MR) is 211 cm³/mol. The summed E-state index contributed by atoms with van der Waals surface area (Å²) < 4.78 is 0. The number of benzene rings is 9. The Kier molecular flexibility index (Phi) is 6.53. The maximum absolute atomic E-state index is 5.46. The molecule has 10 aromatic rings. The Morgan fingerprint density at radius 1 is 0.280 bits per heavy atom. The average Bonchev–Trinajstić information content (AvgIpc) is 3.19. The van der Waals surface area contributed by atoms with E-state index in [-0.39, 0.29) is 0 Å². The zero-order valence-corrected chi connectivity index (χ0v) is 27.2. The van der Waals surface area contributed by atoms with Crippen LogP contribution in [0.5, 0.6) is 0 Å². The third-order valence-corrected chi connectivity index (χ3v) is 10.0. The summed E-state index contributed by atoms with van der Waals surface area (Å²) in [5, 5.41) is 12.0. The van der Waals surface area contributed by atoms with E-state index < -0.39 is 0 Å². The molecular weight excluding hydrogens is 605 g/mol. The van der Waals surface area contributed by atoms with Gasteiger partial charge >= 0.3 is 0 Å². The average molecular weight is 635 g/mol. The third kappa shape index (κ3) is 4.65. The van der Waals surface area contributed by atoms with Crippen LogP contribution in [0.25, 0.3) is 98.9 Å². The highest BCUT2D eigenvalue weighted by atomic mass is 14.9. The lowest BCUT2D eigenvalue weighted by Crippen LogP contribution is -1.98. The minimum absolute atomic E-state index is 0.719. The van der Waals surface area contributed by atoms with Crippen LogP contribution in [0.1, 0.15) is 0 Å². The molecule has 10 rings (SSSR count). The molecule has 50 heavy (non-hydrogen) atoms. The number of hydrogen-bond acceptors (Lipinski definition) is 2. The minimum atomic E-state index is 0.719. The zero-order valence-electron chi connectivity index (χ0n) is 27.2. The van der Waals surface area contributed by atoms with Gasteiger partial charge in [-0.2, -0.15) is 0 Å². The summed E-state index contributed by atoms with van der Waals surface area (Å²) in [7, 11) is 0. The fraction of sp³-hybridized carbons (Fsp3) is 0. The van der Waals surface area contributed by atoms with Crippen LogP contribution >= 0.6 is 0 Å². The predicted octanol–water partition coefficient (Wildman–Crippen LogP) is 12.9. The highest BCUT2D eigenvalue weighted by Gasteiger charge is 2.19. The molecule has 0 saturated heterocycles. The lowest BCUT2D eigenvalue weighted by atomic mass is 9.92. The van der Waals surface area contributed by atoms with Gasteiger partial charge in [-0.1, -0.05) is 164 Å². The summed E-state index contributed by atoms with van der Waals surface area (Å²) >= 11 is 0. The van der Waals surface area contributed by atoms with Crippen LogP contribution in [-0.4, -0.2) is 9.97 Å². The van der Waals surface area contributed by atoms with Gasteiger partial charge < -0.3 is 0 Å². The molecule has 0 aliphatic carbocycles. The van der Waals surface area contributed by atoms with Gasteiger partial charge in [-0.15, -0.1) is 0 Å². The molecule has 232 valence electrons. The highest BCUT2D eigenvalue weighted by Crippen LogP contribution is 2.41. The summed E-state index contributed by atoms with van der Waals surface area (Å²) in [5.41, 5.74) is 7.27. The minimum Gasteiger partial charge on any atom is -0.228 e. The molecule has 1 aromatic heterocycles. The highest BCUT2D eigenvalue weighted by molar-refractivity contribution is 6.19. The van der Waals surface area contributed by atoms with Crippen LogP contribution in [0.3, 0.4) is 0 Å². The molecule has 0 aliphatic rings. The molecular formula is C48H30N2. The molecule has 0 saturated carbocycles. The molecule has 2 nitrogen and oxygen atoms in total. The van der Waals surface area contributed by atoms with Crippen LogP contribution in [0.2, 0.25) is 0 Å². The maximum atomic E-state index is 5.46. The molecule has 0 aliphatic heterocycles. The van der Waals surface area contributed by atoms with Crippen LogP contribution in [0, 0.1) is 0 Å². The standard InChI is InChI=1S/C48H30N2/c1-2-12-31(13-3-1)38-18-10-11-21-42(38)46-30-45(36-25-26-40-35(28-36)23-22-32-14-4-7-17-37(32)40)49-48(50-46)47-41-20-9-6-16-34(41)29-44-39-19-8-5-15-33(39)24-27-43(44)47/h1-30H. The summed E-state index contributed by atoms with van der Waals surface area (Å²) in [4.78, 5) is 10.9. The van der Waals surface area contributed by atoms with Crippen molar-refractivity contribution in [2.75, 3.05) is 0 Å². The molecule has 0 N–H and O–H groups in total. The Bertz CT molecular complexity index is 2920. The van der Waals surface area contributed by atoms with E-state index in [1.807, 2.05) is 0 Å². The second-order valence-corrected chi connectivity index (χ2v) is 13.0. The molecule has 0 radical (unpaired) electrons. The topological polar surface area (TPSA) is 25.8 Å². The second kappa shape index (κ2) is 11.5. The quantitative estimate of drug-likeness (QED) is 0.142. The first-order valence-electron chi connectivity index (χ1n) is 17.1. The number of fused-ring (bicyclic) bond motifs is 7. The van der Waals surface area contributed by atoms with Gasteiger partial charge in [0.25, 0.3) is 0 Å². The van der Waals surface area contributed by atoms with Crippen molar-refractivity contribution in [1.29, 1.82) is 0 Å². The lowest BCUT2D eigenvalue weighted by molar-refractivity contribution is 1.19. The van der Waals surface area contributed by atoms with Gasteiger partial charge in [-0.05, 0) is 83.2 Å². The Morgan fingerprint density at radius 3 is 1.62 bits per heavy atom. The molecule has 9 aromatic carbocycles. The number of nitrogens with zero attached hydrogens (tertiary/aromatic N) is 2. The molecule has 0 unspecified atom stereocenters. The van der Waals surface area contributed by atoms with Gasteiger partial charge in [0, 0.05) is 16.7 Å². The molecule has 2 heteroatoms. The van der Waals surface area contributed by atoms with E-state index in [1.165, 1.54) is 43.1 Å². The smallest absolute Gasteiger partial charge is 0.161 e. The van der Waals surface area contributed by atoms with Crippen molar-refractivity contribution < 1.29 is 0 Å². The molecule has 0 amide bonds. The van der Waals surface area contributed by atoms with Crippen molar-refractivity contribution >= 4 is 53.9 Å². The van der Waals surface area contributed by atoms with E-state index in [0.717, 1.165) is 55.8 Å². The molecule has 0 bridgehead atoms. The lowest BCUT2D eigenvalue weighted by Gasteiger charge is -2.16. The van der Waals surface area contributed by atoms with Crippen molar-refractivity contribution in [2.45, 2.75) is 0 Å². The van der Waals surface area contributed by atoms with Gasteiger partial charge in [0.2, 0.25) is 0 Å². The summed E-state index contributed by atoms with van der Waals surface area (Å²) in [5.74, 6) is 0.719. The molecule has 0 atom stereocenters. The van der Waals surface area contributed by atoms with Crippen molar-refractivity contribution in [2.24, 2.45) is 0 Å². The van der Waals surface area contributed by atoms with Crippen LogP contribution in [-0.2, 0) is 0 Å². The van der Waals surface area contributed by atoms with Crippen LogP contribution in [0.15, 0.2) is 182 Å². The Balaban J connectivity index is 1.29. The van der Waals surface area contributed by atoms with Crippen molar-refractivity contribution in [3.05, 3.63) is 182 Å². The summed E-state index contributed by atoms with van der Waals surface area (Å²) in [6, 6.07) is 65.1. The fourth-order valence-corrected chi connectivity index (χ4v) is 7.65. The third-order valence-electron chi connectivity index (χ3n) is 10.0. The normalized spacial score (nSPS) is 11.6. The van der Waals surface area contributed by atoms with Gasteiger partial charge in [-0.25, -0.2) is 9.97 Å². The van der Waals surface area contributed by atoms with E-state index in [0.29, 0.717) is 0 Å². The van der Waals surface area contributed by atoms with E-state index >= 15 is 0 Å². The largest absolute Gasteiger partial charge is 0.228 e. The van der Waals surface area contributed by atoms with Gasteiger partial charge in [0.15, 0.2) is 5.82 Å². The van der Waals surface area contributed by atoms with Crippen molar-refractivity contribution in [3.63, 3.8) is 0 Å². The van der Waals surface area contributed by atoms with E-state index in [4.69, 9.17) is 9.97 Å². The van der Waals surface area contributed by atoms with Gasteiger partial charge in [0.1, 0.15) is 0 Å². The number of rotatable bonds is 4. The first-order valence-corrected chi connectivity index (χ1v) is 17.1.